The third-order valence-electron chi connectivity index (χ3n) is 2.83. The first-order chi connectivity index (χ1) is 9.38. The van der Waals surface area contributed by atoms with Crippen LogP contribution in [0.15, 0.2) is 18.2 Å². The van der Waals surface area contributed by atoms with Gasteiger partial charge in [0, 0.05) is 17.3 Å². The van der Waals surface area contributed by atoms with Gasteiger partial charge in [-0.1, -0.05) is 25.4 Å². The van der Waals surface area contributed by atoms with E-state index in [1.54, 1.807) is 18.2 Å². The molecule has 5 heteroatoms. The largest absolute Gasteiger partial charge is 0.356 e. The molecule has 0 radical (unpaired) electrons. The normalized spacial score (nSPS) is 10.4. The molecule has 1 aromatic carbocycles. The average molecular weight is 297 g/mol. The predicted octanol–water partition coefficient (Wildman–Crippen LogP) is 3.14. The quantitative estimate of drug-likeness (QED) is 0.792. The zero-order valence-corrected chi connectivity index (χ0v) is 12.9. The van der Waals surface area contributed by atoms with Crippen molar-refractivity contribution < 1.29 is 9.59 Å². The van der Waals surface area contributed by atoms with E-state index in [1.807, 2.05) is 6.92 Å². The van der Waals surface area contributed by atoms with Crippen LogP contribution in [0.2, 0.25) is 5.02 Å². The maximum absolute atomic E-state index is 11.8. The van der Waals surface area contributed by atoms with Gasteiger partial charge >= 0.3 is 0 Å². The highest BCUT2D eigenvalue weighted by Gasteiger charge is 2.10. The molecule has 0 unspecified atom stereocenters. The fourth-order valence-electron chi connectivity index (χ4n) is 1.67. The second-order valence-corrected chi connectivity index (χ2v) is 5.65. The van der Waals surface area contributed by atoms with Crippen molar-refractivity contribution in [3.63, 3.8) is 0 Å². The topological polar surface area (TPSA) is 58.2 Å². The maximum Gasteiger partial charge on any atom is 0.233 e. The molecule has 0 atom stereocenters. The SMILES string of the molecule is Cc1cc(Cl)ccc1NC(=O)CC(=O)NCCC(C)C. The highest BCUT2D eigenvalue weighted by atomic mass is 35.5. The Kier molecular flexibility index (Phi) is 6.52. The number of carbonyl (C=O) groups is 2. The number of amides is 2. The van der Waals surface area contributed by atoms with Gasteiger partial charge in [-0.15, -0.1) is 0 Å². The summed E-state index contributed by atoms with van der Waals surface area (Å²) >= 11 is 5.84. The lowest BCUT2D eigenvalue weighted by Crippen LogP contribution is -2.29. The van der Waals surface area contributed by atoms with Crippen LogP contribution < -0.4 is 10.6 Å². The van der Waals surface area contributed by atoms with Crippen molar-refractivity contribution in [3.05, 3.63) is 28.8 Å². The smallest absolute Gasteiger partial charge is 0.233 e. The van der Waals surface area contributed by atoms with Gasteiger partial charge in [-0.05, 0) is 43.0 Å². The fourth-order valence-corrected chi connectivity index (χ4v) is 1.90. The molecule has 0 saturated carbocycles. The molecule has 110 valence electrons. The summed E-state index contributed by atoms with van der Waals surface area (Å²) in [6, 6.07) is 5.19. The molecule has 20 heavy (non-hydrogen) atoms. The van der Waals surface area contributed by atoms with Crippen LogP contribution >= 0.6 is 11.6 Å². The van der Waals surface area contributed by atoms with Crippen LogP contribution in [0.4, 0.5) is 5.69 Å². The van der Waals surface area contributed by atoms with Crippen molar-refractivity contribution in [2.24, 2.45) is 5.92 Å². The number of hydrogen-bond acceptors (Lipinski definition) is 2. The molecule has 0 aliphatic heterocycles. The van der Waals surface area contributed by atoms with E-state index in [0.717, 1.165) is 12.0 Å². The molecule has 0 bridgehead atoms. The summed E-state index contributed by atoms with van der Waals surface area (Å²) in [4.78, 5) is 23.3. The number of benzene rings is 1. The van der Waals surface area contributed by atoms with E-state index in [9.17, 15) is 9.59 Å². The summed E-state index contributed by atoms with van der Waals surface area (Å²) in [5.41, 5.74) is 1.54. The van der Waals surface area contributed by atoms with Crippen LogP contribution in [0, 0.1) is 12.8 Å². The zero-order valence-electron chi connectivity index (χ0n) is 12.1. The van der Waals surface area contributed by atoms with E-state index in [0.29, 0.717) is 23.2 Å². The monoisotopic (exact) mass is 296 g/mol. The van der Waals surface area contributed by atoms with Crippen molar-refractivity contribution in [1.82, 2.24) is 5.32 Å². The summed E-state index contributed by atoms with van der Waals surface area (Å²) in [5, 5.41) is 6.06. The van der Waals surface area contributed by atoms with E-state index in [4.69, 9.17) is 11.6 Å². The van der Waals surface area contributed by atoms with Gasteiger partial charge in [0.25, 0.3) is 0 Å². The van der Waals surface area contributed by atoms with Crippen LogP contribution in [-0.2, 0) is 9.59 Å². The van der Waals surface area contributed by atoms with Gasteiger partial charge in [-0.25, -0.2) is 0 Å². The maximum atomic E-state index is 11.8. The first kappa shape index (κ1) is 16.5. The van der Waals surface area contributed by atoms with E-state index in [2.05, 4.69) is 24.5 Å². The number of anilines is 1. The van der Waals surface area contributed by atoms with Crippen LogP contribution in [0.1, 0.15) is 32.3 Å². The van der Waals surface area contributed by atoms with Crippen molar-refractivity contribution in [2.45, 2.75) is 33.6 Å². The van der Waals surface area contributed by atoms with Crippen molar-refractivity contribution >= 4 is 29.1 Å². The number of carbonyl (C=O) groups excluding carboxylic acids is 2. The lowest BCUT2D eigenvalue weighted by Gasteiger charge is -2.09. The summed E-state index contributed by atoms with van der Waals surface area (Å²) in [6.45, 7) is 6.62. The van der Waals surface area contributed by atoms with E-state index >= 15 is 0 Å². The molecule has 0 aliphatic rings. The molecule has 0 saturated heterocycles. The first-order valence-electron chi connectivity index (χ1n) is 6.71. The Morgan fingerprint density at radius 2 is 1.95 bits per heavy atom. The van der Waals surface area contributed by atoms with Gasteiger partial charge in [-0.3, -0.25) is 9.59 Å². The number of rotatable bonds is 6. The Labute approximate surface area is 124 Å². The molecule has 0 aliphatic carbocycles. The molecule has 0 fully saturated rings. The number of nitrogens with one attached hydrogen (secondary N) is 2. The Morgan fingerprint density at radius 1 is 1.25 bits per heavy atom. The fraction of sp³-hybridized carbons (Fsp3) is 0.467. The molecule has 2 amide bonds. The minimum atomic E-state index is -0.322. The third-order valence-corrected chi connectivity index (χ3v) is 3.06. The van der Waals surface area contributed by atoms with Crippen LogP contribution in [0.3, 0.4) is 0 Å². The molecule has 0 heterocycles. The summed E-state index contributed by atoms with van der Waals surface area (Å²) in [7, 11) is 0. The molecule has 1 aromatic rings. The summed E-state index contributed by atoms with van der Waals surface area (Å²) < 4.78 is 0. The van der Waals surface area contributed by atoms with Crippen molar-refractivity contribution in [3.8, 4) is 0 Å². The van der Waals surface area contributed by atoms with Crippen LogP contribution in [0.5, 0.6) is 0 Å². The highest BCUT2D eigenvalue weighted by molar-refractivity contribution is 6.30. The predicted molar refractivity (Wildman–Crippen MR) is 81.9 cm³/mol. The molecule has 0 spiro atoms. The number of halogens is 1. The Morgan fingerprint density at radius 3 is 2.55 bits per heavy atom. The molecule has 0 aromatic heterocycles. The van der Waals surface area contributed by atoms with Crippen molar-refractivity contribution in [1.29, 1.82) is 0 Å². The Hall–Kier alpha value is -1.55. The number of aryl methyl sites for hydroxylation is 1. The second kappa shape index (κ2) is 7.90. The summed E-state index contributed by atoms with van der Waals surface area (Å²) in [6.07, 6.45) is 0.740. The van der Waals surface area contributed by atoms with E-state index < -0.39 is 0 Å². The zero-order chi connectivity index (χ0) is 15.1. The molecular formula is C15H21ClN2O2. The lowest BCUT2D eigenvalue weighted by molar-refractivity contribution is -0.126. The van der Waals surface area contributed by atoms with Gasteiger partial charge in [0.15, 0.2) is 0 Å². The van der Waals surface area contributed by atoms with E-state index in [1.165, 1.54) is 0 Å². The first-order valence-corrected chi connectivity index (χ1v) is 7.09. The molecule has 1 rings (SSSR count). The third kappa shape index (κ3) is 6.06. The average Bonchev–Trinajstić information content (AvgIpc) is 2.32. The standard InChI is InChI=1S/C15H21ClN2O2/c1-10(2)6-7-17-14(19)9-15(20)18-13-5-4-12(16)8-11(13)3/h4-5,8,10H,6-7,9H2,1-3H3,(H,17,19)(H,18,20). The molecule has 2 N–H and O–H groups in total. The van der Waals surface area contributed by atoms with Crippen molar-refractivity contribution in [2.75, 3.05) is 11.9 Å². The lowest BCUT2D eigenvalue weighted by atomic mass is 10.1. The van der Waals surface area contributed by atoms with Gasteiger partial charge in [0.1, 0.15) is 6.42 Å². The molecular weight excluding hydrogens is 276 g/mol. The van der Waals surface area contributed by atoms with Gasteiger partial charge in [-0.2, -0.15) is 0 Å². The minimum Gasteiger partial charge on any atom is -0.356 e. The Balaban J connectivity index is 2.41. The summed E-state index contributed by atoms with van der Waals surface area (Å²) in [5.74, 6) is -0.0481. The van der Waals surface area contributed by atoms with Gasteiger partial charge < -0.3 is 10.6 Å². The minimum absolute atomic E-state index is 0.167. The van der Waals surface area contributed by atoms with E-state index in [-0.39, 0.29) is 18.2 Å². The van der Waals surface area contributed by atoms with Gasteiger partial charge in [0.2, 0.25) is 11.8 Å². The highest BCUT2D eigenvalue weighted by Crippen LogP contribution is 2.19. The second-order valence-electron chi connectivity index (χ2n) is 5.22. The van der Waals surface area contributed by atoms with Crippen LogP contribution in [0.25, 0.3) is 0 Å². The van der Waals surface area contributed by atoms with Gasteiger partial charge in [0.05, 0.1) is 0 Å². The molecule has 4 nitrogen and oxygen atoms in total. The van der Waals surface area contributed by atoms with Crippen LogP contribution in [-0.4, -0.2) is 18.4 Å². The number of hydrogen-bond donors (Lipinski definition) is 2. The Bertz CT molecular complexity index is 487.